The van der Waals surface area contributed by atoms with Crippen LogP contribution in [0, 0.1) is 11.8 Å². The first kappa shape index (κ1) is 13.6. The average molecular weight is 245 g/mol. The molecule has 100 valence electrons. The molecular weight excluding hydrogens is 218 g/mol. The lowest BCUT2D eigenvalue weighted by Gasteiger charge is -2.28. The van der Waals surface area contributed by atoms with E-state index >= 15 is 0 Å². The Balaban J connectivity index is 2.28. The van der Waals surface area contributed by atoms with Gasteiger partial charge in [0.25, 0.3) is 0 Å². The Morgan fingerprint density at radius 3 is 2.78 bits per heavy atom. The molecule has 0 saturated heterocycles. The van der Waals surface area contributed by atoms with Crippen LogP contribution >= 0.6 is 0 Å². The Morgan fingerprint density at radius 1 is 1.28 bits per heavy atom. The molecule has 0 fully saturated rings. The van der Waals surface area contributed by atoms with Gasteiger partial charge in [-0.2, -0.15) is 0 Å². The molecule has 1 aromatic carbocycles. The van der Waals surface area contributed by atoms with Gasteiger partial charge in [0.15, 0.2) is 0 Å². The molecule has 1 aromatic rings. The van der Waals surface area contributed by atoms with Crippen molar-refractivity contribution in [2.24, 2.45) is 11.8 Å². The van der Waals surface area contributed by atoms with Crippen molar-refractivity contribution in [1.82, 2.24) is 5.32 Å². The standard InChI is InChI=1S/C17H27N/c1-4-18-17-15(12-13(2)3)10-7-9-14-8-5-6-11-16(14)17/h5-6,8,11,13,15,17-18H,4,7,9-10,12H2,1-3H3. The van der Waals surface area contributed by atoms with Gasteiger partial charge in [-0.3, -0.25) is 0 Å². The van der Waals surface area contributed by atoms with Gasteiger partial charge in [-0.05, 0) is 55.2 Å². The summed E-state index contributed by atoms with van der Waals surface area (Å²) in [6.07, 6.45) is 5.31. The van der Waals surface area contributed by atoms with E-state index in [1.54, 1.807) is 11.1 Å². The normalized spacial score (nSPS) is 23.8. The van der Waals surface area contributed by atoms with Crippen molar-refractivity contribution in [3.63, 3.8) is 0 Å². The van der Waals surface area contributed by atoms with Gasteiger partial charge in [-0.1, -0.05) is 45.0 Å². The van der Waals surface area contributed by atoms with Crippen molar-refractivity contribution in [2.45, 2.75) is 52.5 Å². The fraction of sp³-hybridized carbons (Fsp3) is 0.647. The van der Waals surface area contributed by atoms with Gasteiger partial charge < -0.3 is 5.32 Å². The first-order chi connectivity index (χ1) is 8.72. The van der Waals surface area contributed by atoms with Gasteiger partial charge >= 0.3 is 0 Å². The molecule has 0 amide bonds. The fourth-order valence-electron chi connectivity index (χ4n) is 3.40. The number of aryl methyl sites for hydroxylation is 1. The lowest BCUT2D eigenvalue weighted by atomic mass is 9.84. The van der Waals surface area contributed by atoms with Crippen LogP contribution in [0.2, 0.25) is 0 Å². The summed E-state index contributed by atoms with van der Waals surface area (Å²) in [4.78, 5) is 0. The Morgan fingerprint density at radius 2 is 2.06 bits per heavy atom. The van der Waals surface area contributed by atoms with Crippen molar-refractivity contribution < 1.29 is 0 Å². The topological polar surface area (TPSA) is 12.0 Å². The smallest absolute Gasteiger partial charge is 0.0351 e. The molecule has 0 aromatic heterocycles. The molecular formula is C17H27N. The van der Waals surface area contributed by atoms with E-state index in [0.717, 1.165) is 18.4 Å². The molecule has 0 bridgehead atoms. The van der Waals surface area contributed by atoms with Crippen LogP contribution in [-0.2, 0) is 6.42 Å². The van der Waals surface area contributed by atoms with Crippen molar-refractivity contribution >= 4 is 0 Å². The van der Waals surface area contributed by atoms with Crippen molar-refractivity contribution in [1.29, 1.82) is 0 Å². The Labute approximate surface area is 112 Å². The van der Waals surface area contributed by atoms with Gasteiger partial charge in [-0.15, -0.1) is 0 Å². The number of fused-ring (bicyclic) bond motifs is 1. The highest BCUT2D eigenvalue weighted by Crippen LogP contribution is 2.36. The third-order valence-electron chi connectivity index (χ3n) is 4.08. The van der Waals surface area contributed by atoms with Gasteiger partial charge in [0.05, 0.1) is 0 Å². The zero-order valence-electron chi connectivity index (χ0n) is 12.1. The molecule has 0 saturated carbocycles. The molecule has 2 rings (SSSR count). The minimum absolute atomic E-state index is 0.566. The van der Waals surface area contributed by atoms with Crippen LogP contribution in [0.25, 0.3) is 0 Å². The molecule has 0 heterocycles. The third kappa shape index (κ3) is 3.14. The summed E-state index contributed by atoms with van der Waals surface area (Å²) in [6, 6.07) is 9.60. The second-order valence-corrected chi connectivity index (χ2v) is 6.02. The summed E-state index contributed by atoms with van der Waals surface area (Å²) in [5.41, 5.74) is 3.12. The van der Waals surface area contributed by atoms with Crippen LogP contribution in [0.5, 0.6) is 0 Å². The lowest BCUT2D eigenvalue weighted by Crippen LogP contribution is -2.29. The van der Waals surface area contributed by atoms with Gasteiger partial charge in [0, 0.05) is 6.04 Å². The highest BCUT2D eigenvalue weighted by molar-refractivity contribution is 5.31. The lowest BCUT2D eigenvalue weighted by molar-refractivity contribution is 0.294. The number of hydrogen-bond acceptors (Lipinski definition) is 1. The number of hydrogen-bond donors (Lipinski definition) is 1. The second kappa shape index (κ2) is 6.38. The van der Waals surface area contributed by atoms with E-state index in [2.05, 4.69) is 50.4 Å². The molecule has 1 aliphatic rings. The van der Waals surface area contributed by atoms with Gasteiger partial charge in [-0.25, -0.2) is 0 Å². The highest BCUT2D eigenvalue weighted by Gasteiger charge is 2.27. The van der Waals surface area contributed by atoms with E-state index < -0.39 is 0 Å². The van der Waals surface area contributed by atoms with Crippen LogP contribution in [0.3, 0.4) is 0 Å². The third-order valence-corrected chi connectivity index (χ3v) is 4.08. The monoisotopic (exact) mass is 245 g/mol. The molecule has 1 nitrogen and oxygen atoms in total. The average Bonchev–Trinajstić information content (AvgIpc) is 2.50. The van der Waals surface area contributed by atoms with E-state index in [-0.39, 0.29) is 0 Å². The van der Waals surface area contributed by atoms with Crippen molar-refractivity contribution in [3.8, 4) is 0 Å². The fourth-order valence-corrected chi connectivity index (χ4v) is 3.40. The van der Waals surface area contributed by atoms with E-state index in [0.29, 0.717) is 6.04 Å². The zero-order valence-corrected chi connectivity index (χ0v) is 12.1. The minimum atomic E-state index is 0.566. The molecule has 2 unspecified atom stereocenters. The summed E-state index contributed by atoms with van der Waals surface area (Å²) in [7, 11) is 0. The maximum atomic E-state index is 3.74. The predicted molar refractivity (Wildman–Crippen MR) is 78.7 cm³/mol. The Hall–Kier alpha value is -0.820. The minimum Gasteiger partial charge on any atom is -0.310 e. The van der Waals surface area contributed by atoms with Crippen LogP contribution in [0.15, 0.2) is 24.3 Å². The molecule has 2 atom stereocenters. The van der Waals surface area contributed by atoms with Crippen molar-refractivity contribution in [3.05, 3.63) is 35.4 Å². The number of benzene rings is 1. The second-order valence-electron chi connectivity index (χ2n) is 6.02. The molecule has 18 heavy (non-hydrogen) atoms. The van der Waals surface area contributed by atoms with E-state index in [1.165, 1.54) is 25.7 Å². The molecule has 1 heteroatoms. The maximum Gasteiger partial charge on any atom is 0.0351 e. The van der Waals surface area contributed by atoms with E-state index in [4.69, 9.17) is 0 Å². The summed E-state index contributed by atoms with van der Waals surface area (Å²) in [5.74, 6) is 1.59. The predicted octanol–water partition coefficient (Wildman–Crippen LogP) is 4.34. The van der Waals surface area contributed by atoms with Gasteiger partial charge in [0.1, 0.15) is 0 Å². The van der Waals surface area contributed by atoms with Crippen LogP contribution < -0.4 is 5.32 Å². The Bertz CT molecular complexity index is 370. The molecule has 0 spiro atoms. The Kier molecular flexibility index (Phi) is 4.82. The van der Waals surface area contributed by atoms with Crippen LogP contribution in [0.1, 0.15) is 57.2 Å². The zero-order chi connectivity index (χ0) is 13.0. The maximum absolute atomic E-state index is 3.74. The van der Waals surface area contributed by atoms with Gasteiger partial charge in [0.2, 0.25) is 0 Å². The summed E-state index contributed by atoms with van der Waals surface area (Å²) in [5, 5.41) is 3.74. The molecule has 0 radical (unpaired) electrons. The number of rotatable bonds is 4. The van der Waals surface area contributed by atoms with E-state index in [9.17, 15) is 0 Å². The van der Waals surface area contributed by atoms with E-state index in [1.807, 2.05) is 0 Å². The quantitative estimate of drug-likeness (QED) is 0.778. The summed E-state index contributed by atoms with van der Waals surface area (Å²) >= 11 is 0. The molecule has 1 aliphatic carbocycles. The van der Waals surface area contributed by atoms with Crippen LogP contribution in [-0.4, -0.2) is 6.54 Å². The SMILES string of the molecule is CCNC1c2ccccc2CCCC1CC(C)C. The molecule has 1 N–H and O–H groups in total. The van der Waals surface area contributed by atoms with Crippen molar-refractivity contribution in [2.75, 3.05) is 6.54 Å². The summed E-state index contributed by atoms with van der Waals surface area (Å²) < 4.78 is 0. The first-order valence-electron chi connectivity index (χ1n) is 7.53. The first-order valence-corrected chi connectivity index (χ1v) is 7.53. The largest absolute Gasteiger partial charge is 0.310 e. The number of nitrogens with one attached hydrogen (secondary N) is 1. The summed E-state index contributed by atoms with van der Waals surface area (Å²) in [6.45, 7) is 7.98. The highest BCUT2D eigenvalue weighted by atomic mass is 14.9. The molecule has 0 aliphatic heterocycles. The van der Waals surface area contributed by atoms with Crippen LogP contribution in [0.4, 0.5) is 0 Å².